The second-order valence-electron chi connectivity index (χ2n) is 6.00. The van der Waals surface area contributed by atoms with Gasteiger partial charge in [-0.2, -0.15) is 0 Å². The number of carbonyl (C=O) groups is 2. The third kappa shape index (κ3) is 3.22. The van der Waals surface area contributed by atoms with Crippen LogP contribution in [0.25, 0.3) is 0 Å². The summed E-state index contributed by atoms with van der Waals surface area (Å²) in [5.41, 5.74) is 1.06. The summed E-state index contributed by atoms with van der Waals surface area (Å²) in [5.74, 6) is -2.05. The zero-order valence-electron chi connectivity index (χ0n) is 12.6. The molecule has 0 bridgehead atoms. The van der Waals surface area contributed by atoms with Gasteiger partial charge in [-0.15, -0.1) is 5.10 Å². The zero-order valence-corrected chi connectivity index (χ0v) is 13.6. The van der Waals surface area contributed by atoms with Crippen molar-refractivity contribution in [3.63, 3.8) is 0 Å². The SMILES string of the molecule is C[Si](C)(C)c1nnn(Cc2ccc(C(=O)O)cc2)c1C(=O)O. The van der Waals surface area contributed by atoms with Crippen molar-refractivity contribution < 1.29 is 19.8 Å². The molecular formula is C14H17N3O4Si. The van der Waals surface area contributed by atoms with E-state index in [1.54, 1.807) is 12.1 Å². The van der Waals surface area contributed by atoms with Gasteiger partial charge in [-0.3, -0.25) is 0 Å². The minimum Gasteiger partial charge on any atom is -0.478 e. The Balaban J connectivity index is 2.36. The monoisotopic (exact) mass is 319 g/mol. The highest BCUT2D eigenvalue weighted by molar-refractivity contribution is 6.88. The highest BCUT2D eigenvalue weighted by Crippen LogP contribution is 2.10. The molecule has 0 aliphatic carbocycles. The Morgan fingerprint density at radius 2 is 1.68 bits per heavy atom. The highest BCUT2D eigenvalue weighted by atomic mass is 28.3. The Morgan fingerprint density at radius 3 is 2.14 bits per heavy atom. The fourth-order valence-corrected chi connectivity index (χ4v) is 3.36. The van der Waals surface area contributed by atoms with E-state index in [0.29, 0.717) is 5.32 Å². The molecule has 2 rings (SSSR count). The molecule has 0 fully saturated rings. The molecule has 0 radical (unpaired) electrons. The van der Waals surface area contributed by atoms with Gasteiger partial charge in [0.15, 0.2) is 5.69 Å². The number of aromatic nitrogens is 3. The van der Waals surface area contributed by atoms with E-state index in [9.17, 15) is 14.7 Å². The topological polar surface area (TPSA) is 105 Å². The first kappa shape index (κ1) is 15.9. The molecule has 0 atom stereocenters. The Kier molecular flexibility index (Phi) is 4.13. The number of carboxylic acid groups (broad SMARTS) is 2. The molecule has 22 heavy (non-hydrogen) atoms. The van der Waals surface area contributed by atoms with Crippen molar-refractivity contribution in [1.29, 1.82) is 0 Å². The number of nitrogens with zero attached hydrogens (tertiary/aromatic N) is 3. The molecule has 0 spiro atoms. The van der Waals surface area contributed by atoms with Gasteiger partial charge in [0.05, 0.1) is 17.4 Å². The normalized spacial score (nSPS) is 11.4. The van der Waals surface area contributed by atoms with Crippen molar-refractivity contribution in [2.24, 2.45) is 0 Å². The summed E-state index contributed by atoms with van der Waals surface area (Å²) in [6.45, 7) is 6.26. The van der Waals surface area contributed by atoms with Crippen LogP contribution in [-0.4, -0.2) is 45.2 Å². The van der Waals surface area contributed by atoms with Crippen LogP contribution >= 0.6 is 0 Å². The molecule has 1 heterocycles. The van der Waals surface area contributed by atoms with E-state index >= 15 is 0 Å². The molecule has 0 saturated carbocycles. The fraction of sp³-hybridized carbons (Fsp3) is 0.286. The van der Waals surface area contributed by atoms with Gasteiger partial charge < -0.3 is 10.2 Å². The highest BCUT2D eigenvalue weighted by Gasteiger charge is 2.30. The lowest BCUT2D eigenvalue weighted by molar-refractivity contribution is 0.0679. The lowest BCUT2D eigenvalue weighted by atomic mass is 10.1. The van der Waals surface area contributed by atoms with Gasteiger partial charge in [0.25, 0.3) is 0 Å². The van der Waals surface area contributed by atoms with Crippen molar-refractivity contribution in [3.05, 3.63) is 41.1 Å². The average Bonchev–Trinajstić information content (AvgIpc) is 2.83. The Hall–Kier alpha value is -2.48. The van der Waals surface area contributed by atoms with Crippen LogP contribution in [0, 0.1) is 0 Å². The second-order valence-corrected chi connectivity index (χ2v) is 11.0. The van der Waals surface area contributed by atoms with Crippen LogP contribution in [0.4, 0.5) is 0 Å². The summed E-state index contributed by atoms with van der Waals surface area (Å²) in [7, 11) is -1.91. The fourth-order valence-electron chi connectivity index (χ4n) is 2.07. The molecule has 0 aliphatic rings. The van der Waals surface area contributed by atoms with Crippen molar-refractivity contribution >= 4 is 25.3 Å². The molecule has 116 valence electrons. The summed E-state index contributed by atoms with van der Waals surface area (Å²) >= 11 is 0. The minimum absolute atomic E-state index is 0.112. The number of carboxylic acids is 2. The standard InChI is InChI=1S/C14H17N3O4Si/c1-22(2,3)12-11(14(20)21)17(16-15-12)8-9-4-6-10(7-5-9)13(18)19/h4-7H,8H2,1-3H3,(H,18,19)(H,20,21). The van der Waals surface area contributed by atoms with Crippen LogP contribution in [0.3, 0.4) is 0 Å². The first-order valence-corrected chi connectivity index (χ1v) is 10.2. The lowest BCUT2D eigenvalue weighted by Crippen LogP contribution is -2.42. The molecule has 0 unspecified atom stereocenters. The van der Waals surface area contributed by atoms with Gasteiger partial charge in [0.2, 0.25) is 0 Å². The van der Waals surface area contributed by atoms with Gasteiger partial charge >= 0.3 is 11.9 Å². The van der Waals surface area contributed by atoms with Crippen LogP contribution in [0.15, 0.2) is 24.3 Å². The summed E-state index contributed by atoms with van der Waals surface area (Å²) in [5, 5.41) is 26.9. The van der Waals surface area contributed by atoms with E-state index in [0.717, 1.165) is 5.56 Å². The minimum atomic E-state index is -1.91. The maximum absolute atomic E-state index is 11.5. The van der Waals surface area contributed by atoms with Crippen molar-refractivity contribution in [2.45, 2.75) is 26.2 Å². The zero-order chi connectivity index (χ0) is 16.5. The molecule has 7 nitrogen and oxygen atoms in total. The predicted octanol–water partition coefficient (Wildman–Crippen LogP) is 1.27. The Bertz CT molecular complexity index is 717. The van der Waals surface area contributed by atoms with E-state index in [4.69, 9.17) is 5.11 Å². The van der Waals surface area contributed by atoms with E-state index in [1.165, 1.54) is 16.8 Å². The van der Waals surface area contributed by atoms with Gasteiger partial charge in [-0.05, 0) is 17.7 Å². The van der Waals surface area contributed by atoms with E-state index in [1.807, 2.05) is 19.6 Å². The number of rotatable bonds is 5. The van der Waals surface area contributed by atoms with E-state index < -0.39 is 20.0 Å². The molecule has 2 N–H and O–H groups in total. The summed E-state index contributed by atoms with van der Waals surface area (Å²) in [6, 6.07) is 6.25. The van der Waals surface area contributed by atoms with E-state index in [-0.39, 0.29) is 17.8 Å². The van der Waals surface area contributed by atoms with Crippen LogP contribution < -0.4 is 5.32 Å². The molecule has 0 aliphatic heterocycles. The van der Waals surface area contributed by atoms with Crippen LogP contribution in [0.5, 0.6) is 0 Å². The van der Waals surface area contributed by atoms with Crippen molar-refractivity contribution in [1.82, 2.24) is 15.0 Å². The third-order valence-corrected chi connectivity index (χ3v) is 4.94. The molecule has 0 saturated heterocycles. The smallest absolute Gasteiger partial charge is 0.355 e. The summed E-state index contributed by atoms with van der Waals surface area (Å²) in [4.78, 5) is 22.4. The summed E-state index contributed by atoms with van der Waals surface area (Å²) in [6.07, 6.45) is 0. The maximum atomic E-state index is 11.5. The second kappa shape index (κ2) is 5.72. The first-order valence-electron chi connectivity index (χ1n) is 6.69. The van der Waals surface area contributed by atoms with Gasteiger partial charge in [0.1, 0.15) is 8.07 Å². The van der Waals surface area contributed by atoms with Crippen LogP contribution in [-0.2, 0) is 6.54 Å². The first-order chi connectivity index (χ1) is 10.2. The van der Waals surface area contributed by atoms with Crippen LogP contribution in [0.1, 0.15) is 26.4 Å². The quantitative estimate of drug-likeness (QED) is 0.804. The molecule has 8 heteroatoms. The number of aromatic carboxylic acids is 2. The maximum Gasteiger partial charge on any atom is 0.355 e. The number of hydrogen-bond acceptors (Lipinski definition) is 4. The molecule has 1 aromatic carbocycles. The largest absolute Gasteiger partial charge is 0.478 e. The average molecular weight is 319 g/mol. The van der Waals surface area contributed by atoms with Gasteiger partial charge in [0, 0.05) is 0 Å². The van der Waals surface area contributed by atoms with Crippen LogP contribution in [0.2, 0.25) is 19.6 Å². The van der Waals surface area contributed by atoms with Gasteiger partial charge in [-0.25, -0.2) is 14.3 Å². The number of benzene rings is 1. The number of hydrogen-bond donors (Lipinski definition) is 2. The Labute approximate surface area is 128 Å². The molecule has 0 amide bonds. The summed E-state index contributed by atoms with van der Waals surface area (Å²) < 4.78 is 1.35. The van der Waals surface area contributed by atoms with E-state index in [2.05, 4.69) is 10.3 Å². The molecular weight excluding hydrogens is 302 g/mol. The predicted molar refractivity (Wildman–Crippen MR) is 82.5 cm³/mol. The molecule has 2 aromatic rings. The third-order valence-electron chi connectivity index (χ3n) is 3.18. The Morgan fingerprint density at radius 1 is 1.09 bits per heavy atom. The van der Waals surface area contributed by atoms with Gasteiger partial charge in [-0.1, -0.05) is 37.0 Å². The lowest BCUT2D eigenvalue weighted by Gasteiger charge is -2.13. The molecule has 1 aromatic heterocycles. The van der Waals surface area contributed by atoms with Crippen molar-refractivity contribution in [3.8, 4) is 0 Å². The van der Waals surface area contributed by atoms with Crippen molar-refractivity contribution in [2.75, 3.05) is 0 Å².